The lowest BCUT2D eigenvalue weighted by atomic mass is 9.57. The molecule has 2 heteroatoms. The highest BCUT2D eigenvalue weighted by Crippen LogP contribution is 2.54. The number of fused-ring (bicyclic) bond motifs is 3. The van der Waals surface area contributed by atoms with Crippen molar-refractivity contribution in [1.29, 1.82) is 0 Å². The molecule has 0 unspecified atom stereocenters. The van der Waals surface area contributed by atoms with Gasteiger partial charge in [-0.3, -0.25) is 0 Å². The molecule has 1 heterocycles. The lowest BCUT2D eigenvalue weighted by molar-refractivity contribution is -0.660. The van der Waals surface area contributed by atoms with Crippen molar-refractivity contribution in [2.75, 3.05) is 0 Å². The lowest BCUT2D eigenvalue weighted by Crippen LogP contribution is -2.46. The minimum Gasteiger partial charge on any atom is -0.232 e. The van der Waals surface area contributed by atoms with Gasteiger partial charge in [0.1, 0.15) is 5.69 Å². The SMILES string of the molecule is Cc1ccc2c(c1C)-c1c(n(-c3ccccc3)c[n+]1C)C(C)(C)C2(C)C. The predicted octanol–water partition coefficient (Wildman–Crippen LogP) is 5.15. The third-order valence-electron chi connectivity index (χ3n) is 6.94. The van der Waals surface area contributed by atoms with Crippen molar-refractivity contribution in [2.45, 2.75) is 52.4 Å². The van der Waals surface area contributed by atoms with Gasteiger partial charge in [-0.25, -0.2) is 4.57 Å². The summed E-state index contributed by atoms with van der Waals surface area (Å²) in [4.78, 5) is 0. The van der Waals surface area contributed by atoms with Gasteiger partial charge in [0.25, 0.3) is 0 Å². The molecule has 4 rings (SSSR count). The van der Waals surface area contributed by atoms with E-state index in [0.717, 1.165) is 0 Å². The first-order valence-corrected chi connectivity index (χ1v) is 9.46. The fraction of sp³-hybridized carbons (Fsp3) is 0.375. The van der Waals surface area contributed by atoms with Crippen molar-refractivity contribution in [3.05, 3.63) is 71.2 Å². The Morgan fingerprint density at radius 3 is 2.15 bits per heavy atom. The molecule has 0 aliphatic heterocycles. The van der Waals surface area contributed by atoms with E-state index in [1.54, 1.807) is 0 Å². The lowest BCUT2D eigenvalue weighted by Gasteiger charge is -2.45. The first kappa shape index (κ1) is 17.1. The van der Waals surface area contributed by atoms with Gasteiger partial charge in [-0.15, -0.1) is 0 Å². The number of imidazole rings is 1. The summed E-state index contributed by atoms with van der Waals surface area (Å²) in [6, 6.07) is 15.3. The molecule has 0 radical (unpaired) electrons. The number of aryl methyl sites for hydroxylation is 2. The summed E-state index contributed by atoms with van der Waals surface area (Å²) in [6.07, 6.45) is 2.24. The van der Waals surface area contributed by atoms with Gasteiger partial charge in [-0.2, -0.15) is 4.57 Å². The summed E-state index contributed by atoms with van der Waals surface area (Å²) >= 11 is 0. The molecule has 0 saturated carbocycles. The molecule has 0 amide bonds. The van der Waals surface area contributed by atoms with Crippen LogP contribution >= 0.6 is 0 Å². The highest BCUT2D eigenvalue weighted by Gasteiger charge is 2.52. The molecule has 0 saturated heterocycles. The van der Waals surface area contributed by atoms with Crippen molar-refractivity contribution >= 4 is 0 Å². The number of rotatable bonds is 1. The average Bonchev–Trinajstić information content (AvgIpc) is 2.95. The van der Waals surface area contributed by atoms with E-state index in [9.17, 15) is 0 Å². The zero-order valence-corrected chi connectivity index (χ0v) is 17.0. The summed E-state index contributed by atoms with van der Waals surface area (Å²) in [5, 5.41) is 0. The van der Waals surface area contributed by atoms with Crippen molar-refractivity contribution in [1.82, 2.24) is 4.57 Å². The fourth-order valence-electron chi connectivity index (χ4n) is 4.52. The maximum Gasteiger partial charge on any atom is 0.249 e. The normalized spacial score (nSPS) is 16.9. The standard InChI is InChI=1S/C24H29N2/c1-16-13-14-19-20(17(16)2)21-22(24(5,6)23(19,3)4)26(15-25(21)7)18-11-9-8-10-12-18/h8-15H,1-7H3/q+1. The van der Waals surface area contributed by atoms with Crippen LogP contribution in [0.2, 0.25) is 0 Å². The Balaban J connectivity index is 2.17. The molecule has 2 aromatic carbocycles. The fourth-order valence-corrected chi connectivity index (χ4v) is 4.52. The first-order chi connectivity index (χ1) is 12.2. The second-order valence-corrected chi connectivity index (χ2v) is 8.81. The molecular weight excluding hydrogens is 316 g/mol. The van der Waals surface area contributed by atoms with Crippen molar-refractivity contribution in [2.24, 2.45) is 7.05 Å². The molecule has 0 atom stereocenters. The monoisotopic (exact) mass is 345 g/mol. The van der Waals surface area contributed by atoms with E-state index in [1.807, 2.05) is 0 Å². The van der Waals surface area contributed by atoms with Crippen LogP contribution in [0.15, 0.2) is 48.8 Å². The molecule has 0 fully saturated rings. The molecule has 26 heavy (non-hydrogen) atoms. The van der Waals surface area contributed by atoms with Crippen LogP contribution in [0.5, 0.6) is 0 Å². The van der Waals surface area contributed by atoms with E-state index in [-0.39, 0.29) is 10.8 Å². The van der Waals surface area contributed by atoms with Crippen LogP contribution in [0.25, 0.3) is 16.9 Å². The van der Waals surface area contributed by atoms with E-state index in [0.29, 0.717) is 0 Å². The largest absolute Gasteiger partial charge is 0.249 e. The minimum atomic E-state index is -0.00582. The van der Waals surface area contributed by atoms with E-state index in [1.165, 1.54) is 39.3 Å². The van der Waals surface area contributed by atoms with Crippen LogP contribution in [0, 0.1) is 13.8 Å². The predicted molar refractivity (Wildman–Crippen MR) is 108 cm³/mol. The topological polar surface area (TPSA) is 8.81 Å². The van der Waals surface area contributed by atoms with Crippen molar-refractivity contribution in [3.8, 4) is 16.9 Å². The molecule has 134 valence electrons. The molecule has 0 bridgehead atoms. The zero-order chi connectivity index (χ0) is 18.9. The van der Waals surface area contributed by atoms with E-state index < -0.39 is 0 Å². The van der Waals surface area contributed by atoms with Crippen LogP contribution in [0.3, 0.4) is 0 Å². The summed E-state index contributed by atoms with van der Waals surface area (Å²) in [6.45, 7) is 14.1. The summed E-state index contributed by atoms with van der Waals surface area (Å²) in [5.41, 5.74) is 9.64. The van der Waals surface area contributed by atoms with Crippen LogP contribution in [-0.4, -0.2) is 4.57 Å². The minimum absolute atomic E-state index is 0.00582. The van der Waals surface area contributed by atoms with Gasteiger partial charge in [-0.1, -0.05) is 58.0 Å². The Kier molecular flexibility index (Phi) is 3.50. The van der Waals surface area contributed by atoms with E-state index in [4.69, 9.17) is 0 Å². The van der Waals surface area contributed by atoms with Crippen molar-refractivity contribution in [3.63, 3.8) is 0 Å². The van der Waals surface area contributed by atoms with Crippen LogP contribution in [0.4, 0.5) is 0 Å². The summed E-state index contributed by atoms with van der Waals surface area (Å²) in [7, 11) is 2.18. The second-order valence-electron chi connectivity index (χ2n) is 8.81. The molecule has 1 aliphatic rings. The zero-order valence-electron chi connectivity index (χ0n) is 17.0. The Morgan fingerprint density at radius 2 is 1.50 bits per heavy atom. The number of para-hydroxylation sites is 1. The smallest absolute Gasteiger partial charge is 0.232 e. The van der Waals surface area contributed by atoms with Crippen LogP contribution in [-0.2, 0) is 17.9 Å². The first-order valence-electron chi connectivity index (χ1n) is 9.46. The molecule has 0 spiro atoms. The van der Waals surface area contributed by atoms with Gasteiger partial charge in [0, 0.05) is 16.4 Å². The maximum atomic E-state index is 2.39. The van der Waals surface area contributed by atoms with Gasteiger partial charge in [-0.05, 0) is 42.7 Å². The number of hydrogen-bond acceptors (Lipinski definition) is 0. The van der Waals surface area contributed by atoms with Gasteiger partial charge in [0.15, 0.2) is 11.4 Å². The van der Waals surface area contributed by atoms with Crippen LogP contribution in [0.1, 0.15) is 50.1 Å². The van der Waals surface area contributed by atoms with Gasteiger partial charge in [0.2, 0.25) is 6.33 Å². The average molecular weight is 346 g/mol. The second kappa shape index (κ2) is 5.33. The quantitative estimate of drug-likeness (QED) is 0.539. The molecular formula is C24H29N2+. The van der Waals surface area contributed by atoms with Crippen molar-refractivity contribution < 1.29 is 4.57 Å². The summed E-state index contributed by atoms with van der Waals surface area (Å²) in [5.74, 6) is 0. The van der Waals surface area contributed by atoms with E-state index in [2.05, 4.69) is 107 Å². The number of benzene rings is 2. The molecule has 1 aliphatic carbocycles. The Labute approximate surface area is 157 Å². The van der Waals surface area contributed by atoms with Gasteiger partial charge >= 0.3 is 0 Å². The number of nitrogens with zero attached hydrogens (tertiary/aromatic N) is 2. The van der Waals surface area contributed by atoms with Gasteiger partial charge in [0.05, 0.1) is 7.05 Å². The Bertz CT molecular complexity index is 1000. The van der Waals surface area contributed by atoms with Gasteiger partial charge < -0.3 is 0 Å². The van der Waals surface area contributed by atoms with Crippen LogP contribution < -0.4 is 4.57 Å². The Morgan fingerprint density at radius 1 is 0.846 bits per heavy atom. The number of hydrogen-bond donors (Lipinski definition) is 0. The highest BCUT2D eigenvalue weighted by molar-refractivity contribution is 5.76. The number of aromatic nitrogens is 2. The Hall–Kier alpha value is -2.35. The third-order valence-corrected chi connectivity index (χ3v) is 6.94. The third kappa shape index (κ3) is 2.02. The maximum absolute atomic E-state index is 2.39. The highest BCUT2D eigenvalue weighted by atomic mass is 15.1. The molecule has 1 aromatic heterocycles. The molecule has 3 aromatic rings. The molecule has 2 nitrogen and oxygen atoms in total. The summed E-state index contributed by atoms with van der Waals surface area (Å²) < 4.78 is 4.70. The molecule has 0 N–H and O–H groups in total. The van der Waals surface area contributed by atoms with E-state index >= 15 is 0 Å².